The van der Waals surface area contributed by atoms with Gasteiger partial charge in [-0.25, -0.2) is 9.38 Å². The van der Waals surface area contributed by atoms with Gasteiger partial charge in [-0.2, -0.15) is 0 Å². The predicted octanol–water partition coefficient (Wildman–Crippen LogP) is 4.61. The Morgan fingerprint density at radius 3 is 2.61 bits per heavy atom. The molecule has 0 radical (unpaired) electrons. The van der Waals surface area contributed by atoms with E-state index in [4.69, 9.17) is 4.98 Å². The highest BCUT2D eigenvalue weighted by Crippen LogP contribution is 2.25. The van der Waals surface area contributed by atoms with E-state index in [1.54, 1.807) is 4.40 Å². The summed E-state index contributed by atoms with van der Waals surface area (Å²) in [5.41, 5.74) is 6.41. The molecule has 0 amide bonds. The maximum absolute atomic E-state index is 13.2. The van der Waals surface area contributed by atoms with Gasteiger partial charge in [-0.1, -0.05) is 29.5 Å². The Bertz CT molecular complexity index is 1480. The second-order valence-electron chi connectivity index (χ2n) is 7.67. The van der Waals surface area contributed by atoms with Gasteiger partial charge >= 0.3 is 0 Å². The molecule has 0 atom stereocenters. The van der Waals surface area contributed by atoms with Crippen molar-refractivity contribution in [1.82, 2.24) is 14.0 Å². The molecule has 0 N–H and O–H groups in total. The summed E-state index contributed by atoms with van der Waals surface area (Å²) >= 11 is 1.46. The zero-order chi connectivity index (χ0) is 19.6. The number of hydrogen-bond acceptors (Lipinski definition) is 3. The van der Waals surface area contributed by atoms with Gasteiger partial charge in [-0.3, -0.25) is 4.79 Å². The van der Waals surface area contributed by atoms with Crippen LogP contribution in [0.25, 0.3) is 33.0 Å². The lowest BCUT2D eigenvalue weighted by molar-refractivity contribution is 0.622. The van der Waals surface area contributed by atoms with Crippen LogP contribution >= 0.6 is 11.3 Å². The van der Waals surface area contributed by atoms with E-state index in [9.17, 15) is 4.79 Å². The zero-order valence-electron chi connectivity index (χ0n) is 16.4. The molecule has 2 aromatic carbocycles. The molecule has 3 heterocycles. The van der Waals surface area contributed by atoms with Crippen molar-refractivity contribution in [2.45, 2.75) is 33.7 Å². The number of para-hydroxylation sites is 1. The maximum atomic E-state index is 13.2. The van der Waals surface area contributed by atoms with Crippen molar-refractivity contribution >= 4 is 44.3 Å². The Balaban J connectivity index is 1.80. The summed E-state index contributed by atoms with van der Waals surface area (Å²) in [6, 6.07) is 12.8. The molecule has 5 rings (SSSR count). The number of aromatic nitrogens is 3. The van der Waals surface area contributed by atoms with Crippen molar-refractivity contribution in [3.05, 3.63) is 74.2 Å². The monoisotopic (exact) mass is 387 g/mol. The Morgan fingerprint density at radius 1 is 1.07 bits per heavy atom. The first-order chi connectivity index (χ1) is 13.4. The Hall–Kier alpha value is -2.92. The average Bonchev–Trinajstić information content (AvgIpc) is 3.29. The summed E-state index contributed by atoms with van der Waals surface area (Å²) in [4.78, 5) is 18.6. The third kappa shape index (κ3) is 2.43. The third-order valence-corrected chi connectivity index (χ3v) is 6.44. The molecule has 140 valence electrons. The van der Waals surface area contributed by atoms with Gasteiger partial charge in [-0.15, -0.1) is 0 Å². The maximum Gasteiger partial charge on any atom is 0.274 e. The van der Waals surface area contributed by atoms with Crippen molar-refractivity contribution in [2.24, 2.45) is 0 Å². The van der Waals surface area contributed by atoms with Crippen LogP contribution in [-0.4, -0.2) is 14.0 Å². The second-order valence-corrected chi connectivity index (χ2v) is 8.68. The molecular formula is C23H21N3OS. The fourth-order valence-electron chi connectivity index (χ4n) is 3.83. The lowest BCUT2D eigenvalue weighted by Crippen LogP contribution is -2.22. The van der Waals surface area contributed by atoms with E-state index in [0.717, 1.165) is 26.9 Å². The van der Waals surface area contributed by atoms with Crippen molar-refractivity contribution < 1.29 is 0 Å². The molecule has 0 saturated heterocycles. The van der Waals surface area contributed by atoms with E-state index in [1.165, 1.54) is 28.0 Å². The minimum absolute atomic E-state index is 0.00660. The summed E-state index contributed by atoms with van der Waals surface area (Å²) in [7, 11) is 0. The largest absolute Gasteiger partial charge is 0.344 e. The topological polar surface area (TPSA) is 39.3 Å². The number of hydrogen-bond donors (Lipinski definition) is 0. The molecule has 3 aromatic heterocycles. The second kappa shape index (κ2) is 6.04. The van der Waals surface area contributed by atoms with E-state index in [-0.39, 0.29) is 5.56 Å². The zero-order valence-corrected chi connectivity index (χ0v) is 17.2. The molecule has 0 bridgehead atoms. The lowest BCUT2D eigenvalue weighted by atomic mass is 10.1. The average molecular weight is 388 g/mol. The van der Waals surface area contributed by atoms with Crippen LogP contribution in [0.3, 0.4) is 0 Å². The highest BCUT2D eigenvalue weighted by Gasteiger charge is 2.14. The summed E-state index contributed by atoms with van der Waals surface area (Å²) in [6.45, 7) is 8.48. The number of benzene rings is 2. The SMILES string of the molecule is Cc1cc2nc3s/c(=C\c4cn(C(C)C)c5ccccc45)c(=O)n3c2cc1C. The summed E-state index contributed by atoms with van der Waals surface area (Å²) in [5, 5.41) is 1.16. The first kappa shape index (κ1) is 17.2. The summed E-state index contributed by atoms with van der Waals surface area (Å²) in [6.07, 6.45) is 4.15. The predicted molar refractivity (Wildman–Crippen MR) is 117 cm³/mol. The number of thiazole rings is 1. The number of aryl methyl sites for hydroxylation is 2. The van der Waals surface area contributed by atoms with Gasteiger partial charge < -0.3 is 4.57 Å². The molecule has 0 fully saturated rings. The standard InChI is InChI=1S/C23H21N3OS/c1-13(2)25-12-16(17-7-5-6-8-19(17)25)11-21-22(27)26-20-10-15(4)14(3)9-18(20)24-23(26)28-21/h5-13H,1-4H3/b21-11-. The quantitative estimate of drug-likeness (QED) is 0.444. The number of fused-ring (bicyclic) bond motifs is 4. The Kier molecular flexibility index (Phi) is 3.71. The summed E-state index contributed by atoms with van der Waals surface area (Å²) < 4.78 is 4.72. The third-order valence-electron chi connectivity index (χ3n) is 5.47. The van der Waals surface area contributed by atoms with Crippen LogP contribution in [0.1, 0.15) is 36.6 Å². The molecule has 5 aromatic rings. The van der Waals surface area contributed by atoms with Crippen LogP contribution in [0, 0.1) is 13.8 Å². The molecule has 0 aliphatic rings. The van der Waals surface area contributed by atoms with Crippen molar-refractivity contribution in [3.63, 3.8) is 0 Å². The van der Waals surface area contributed by atoms with Crippen molar-refractivity contribution in [3.8, 4) is 0 Å². The van der Waals surface area contributed by atoms with Gasteiger partial charge in [-0.05, 0) is 63.1 Å². The van der Waals surface area contributed by atoms with Gasteiger partial charge in [0.25, 0.3) is 5.56 Å². The van der Waals surface area contributed by atoms with Gasteiger partial charge in [0.1, 0.15) is 0 Å². The van der Waals surface area contributed by atoms with E-state index in [1.807, 2.05) is 12.1 Å². The number of rotatable bonds is 2. The number of imidazole rings is 1. The van der Waals surface area contributed by atoms with Crippen LogP contribution in [-0.2, 0) is 0 Å². The van der Waals surface area contributed by atoms with Crippen molar-refractivity contribution in [2.75, 3.05) is 0 Å². The van der Waals surface area contributed by atoms with Crippen molar-refractivity contribution in [1.29, 1.82) is 0 Å². The summed E-state index contributed by atoms with van der Waals surface area (Å²) in [5.74, 6) is 0. The molecule has 0 spiro atoms. The fraction of sp³-hybridized carbons (Fsp3) is 0.217. The molecule has 4 nitrogen and oxygen atoms in total. The van der Waals surface area contributed by atoms with Crippen LogP contribution in [0.15, 0.2) is 47.4 Å². The van der Waals surface area contributed by atoms with Crippen LogP contribution in [0.5, 0.6) is 0 Å². The van der Waals surface area contributed by atoms with Gasteiger partial charge in [0, 0.05) is 28.7 Å². The first-order valence-electron chi connectivity index (χ1n) is 9.47. The molecule has 5 heteroatoms. The molecule has 0 unspecified atom stereocenters. The van der Waals surface area contributed by atoms with Gasteiger partial charge in [0.05, 0.1) is 15.6 Å². The minimum Gasteiger partial charge on any atom is -0.344 e. The normalized spacial score (nSPS) is 13.0. The Morgan fingerprint density at radius 2 is 1.82 bits per heavy atom. The van der Waals surface area contributed by atoms with E-state index < -0.39 is 0 Å². The highest BCUT2D eigenvalue weighted by atomic mass is 32.1. The number of nitrogens with zero attached hydrogens (tertiary/aromatic N) is 3. The molecule has 28 heavy (non-hydrogen) atoms. The smallest absolute Gasteiger partial charge is 0.274 e. The van der Waals surface area contributed by atoms with E-state index in [2.05, 4.69) is 68.8 Å². The highest BCUT2D eigenvalue weighted by molar-refractivity contribution is 7.15. The van der Waals surface area contributed by atoms with Crippen LogP contribution < -0.4 is 10.1 Å². The first-order valence-corrected chi connectivity index (χ1v) is 10.3. The molecule has 0 aliphatic heterocycles. The Labute approximate surface area is 166 Å². The molecule has 0 saturated carbocycles. The van der Waals surface area contributed by atoms with E-state index >= 15 is 0 Å². The fourth-order valence-corrected chi connectivity index (χ4v) is 4.81. The lowest BCUT2D eigenvalue weighted by Gasteiger charge is -2.08. The molecule has 0 aliphatic carbocycles. The molecular weight excluding hydrogens is 366 g/mol. The van der Waals surface area contributed by atoms with E-state index in [0.29, 0.717) is 10.6 Å². The van der Waals surface area contributed by atoms with Crippen LogP contribution in [0.2, 0.25) is 0 Å². The van der Waals surface area contributed by atoms with Crippen LogP contribution in [0.4, 0.5) is 0 Å². The minimum atomic E-state index is 0.00660. The van der Waals surface area contributed by atoms with Gasteiger partial charge in [0.2, 0.25) is 0 Å². The van der Waals surface area contributed by atoms with Gasteiger partial charge in [0.15, 0.2) is 4.96 Å².